The van der Waals surface area contributed by atoms with E-state index in [2.05, 4.69) is 31.2 Å². The van der Waals surface area contributed by atoms with Crippen LogP contribution in [0.15, 0.2) is 24.3 Å². The average Bonchev–Trinajstić information content (AvgIpc) is 2.16. The molecule has 0 aromatic heterocycles. The van der Waals surface area contributed by atoms with Crippen LogP contribution in [0.25, 0.3) is 0 Å². The maximum atomic E-state index is 9.66. The monoisotopic (exact) mass is 180 g/mol. The van der Waals surface area contributed by atoms with Crippen molar-refractivity contribution in [1.82, 2.24) is 0 Å². The van der Waals surface area contributed by atoms with Gasteiger partial charge in [-0.05, 0) is 25.2 Å². The Bertz CT molecular complexity index is 170. The summed E-state index contributed by atoms with van der Waals surface area (Å²) >= 11 is 0. The summed E-state index contributed by atoms with van der Waals surface area (Å²) in [5.41, 5.74) is 0. The van der Waals surface area contributed by atoms with Crippen LogP contribution in [0.3, 0.4) is 0 Å². The first-order chi connectivity index (χ1) is 6.33. The third-order valence-electron chi connectivity index (χ3n) is 2.47. The number of allylic oxidation sites excluding steroid dienone is 4. The molecule has 0 spiro atoms. The minimum Gasteiger partial charge on any atom is -0.393 e. The molecule has 13 heavy (non-hydrogen) atoms. The van der Waals surface area contributed by atoms with Crippen molar-refractivity contribution in [2.75, 3.05) is 0 Å². The molecule has 0 amide bonds. The molecule has 0 aromatic rings. The van der Waals surface area contributed by atoms with E-state index in [4.69, 9.17) is 0 Å². The summed E-state index contributed by atoms with van der Waals surface area (Å²) in [6.07, 6.45) is 13.9. The van der Waals surface area contributed by atoms with Gasteiger partial charge < -0.3 is 5.11 Å². The predicted octanol–water partition coefficient (Wildman–Crippen LogP) is 3.06. The lowest BCUT2D eigenvalue weighted by molar-refractivity contribution is 0.144. The SMILES string of the molecule is CCCC[C@H](O)CC1C=CCC=C1. The number of aliphatic hydroxyl groups excluding tert-OH is 1. The fraction of sp³-hybridized carbons (Fsp3) is 0.667. The van der Waals surface area contributed by atoms with Crippen LogP contribution < -0.4 is 0 Å². The van der Waals surface area contributed by atoms with Gasteiger partial charge in [-0.25, -0.2) is 0 Å². The Balaban J connectivity index is 2.18. The van der Waals surface area contributed by atoms with Crippen molar-refractivity contribution in [3.05, 3.63) is 24.3 Å². The average molecular weight is 180 g/mol. The fourth-order valence-corrected chi connectivity index (χ4v) is 1.68. The van der Waals surface area contributed by atoms with E-state index >= 15 is 0 Å². The first kappa shape index (κ1) is 10.5. The van der Waals surface area contributed by atoms with E-state index in [9.17, 15) is 5.11 Å². The van der Waals surface area contributed by atoms with E-state index in [-0.39, 0.29) is 6.10 Å². The molecule has 0 heterocycles. The standard InChI is InChI=1S/C12H20O/c1-2-3-9-12(13)10-11-7-5-4-6-8-11/h5-8,11-13H,2-4,9-10H2,1H3/t12-/m0/s1. The zero-order valence-electron chi connectivity index (χ0n) is 8.45. The van der Waals surface area contributed by atoms with Crippen LogP contribution in [0.5, 0.6) is 0 Å². The molecule has 1 N–H and O–H groups in total. The van der Waals surface area contributed by atoms with Gasteiger partial charge in [0.05, 0.1) is 6.10 Å². The molecule has 1 aliphatic rings. The summed E-state index contributed by atoms with van der Waals surface area (Å²) in [7, 11) is 0. The van der Waals surface area contributed by atoms with Crippen molar-refractivity contribution >= 4 is 0 Å². The lowest BCUT2D eigenvalue weighted by Crippen LogP contribution is -2.11. The molecule has 0 radical (unpaired) electrons. The van der Waals surface area contributed by atoms with Gasteiger partial charge >= 0.3 is 0 Å². The molecule has 0 bridgehead atoms. The Labute approximate surface area is 81.2 Å². The van der Waals surface area contributed by atoms with Crippen molar-refractivity contribution < 1.29 is 5.11 Å². The van der Waals surface area contributed by atoms with Gasteiger partial charge in [0, 0.05) is 0 Å². The first-order valence-electron chi connectivity index (χ1n) is 5.34. The first-order valence-corrected chi connectivity index (χ1v) is 5.34. The lowest BCUT2D eigenvalue weighted by Gasteiger charge is -2.15. The molecule has 0 fully saturated rings. The summed E-state index contributed by atoms with van der Waals surface area (Å²) in [4.78, 5) is 0. The minimum absolute atomic E-state index is 0.114. The van der Waals surface area contributed by atoms with E-state index in [1.807, 2.05) is 0 Å². The Kier molecular flexibility index (Phi) is 4.84. The third-order valence-corrected chi connectivity index (χ3v) is 2.47. The number of hydrogen-bond acceptors (Lipinski definition) is 1. The summed E-state index contributed by atoms with van der Waals surface area (Å²) in [5.74, 6) is 0.473. The number of unbranched alkanes of at least 4 members (excludes halogenated alkanes) is 1. The second kappa shape index (κ2) is 5.98. The second-order valence-corrected chi connectivity index (χ2v) is 3.79. The Hall–Kier alpha value is -0.560. The Morgan fingerprint density at radius 3 is 2.69 bits per heavy atom. The van der Waals surface area contributed by atoms with E-state index in [0.29, 0.717) is 5.92 Å². The molecule has 1 aliphatic carbocycles. The molecule has 0 unspecified atom stereocenters. The molecule has 1 atom stereocenters. The minimum atomic E-state index is -0.114. The smallest absolute Gasteiger partial charge is 0.0548 e. The van der Waals surface area contributed by atoms with Crippen LogP contribution in [-0.2, 0) is 0 Å². The maximum absolute atomic E-state index is 9.66. The topological polar surface area (TPSA) is 20.2 Å². The normalized spacial score (nSPS) is 19.2. The van der Waals surface area contributed by atoms with Crippen molar-refractivity contribution in [2.45, 2.75) is 45.1 Å². The second-order valence-electron chi connectivity index (χ2n) is 3.79. The van der Waals surface area contributed by atoms with Gasteiger partial charge in [0.25, 0.3) is 0 Å². The summed E-state index contributed by atoms with van der Waals surface area (Å²) in [5, 5.41) is 9.66. The summed E-state index contributed by atoms with van der Waals surface area (Å²) in [6, 6.07) is 0. The number of hydrogen-bond donors (Lipinski definition) is 1. The molecule has 1 rings (SSSR count). The molecule has 0 saturated heterocycles. The maximum Gasteiger partial charge on any atom is 0.0548 e. The van der Waals surface area contributed by atoms with Gasteiger partial charge in [0.15, 0.2) is 0 Å². The molecule has 1 nitrogen and oxygen atoms in total. The Morgan fingerprint density at radius 2 is 2.08 bits per heavy atom. The third kappa shape index (κ3) is 4.28. The largest absolute Gasteiger partial charge is 0.393 e. The van der Waals surface area contributed by atoms with E-state index < -0.39 is 0 Å². The highest BCUT2D eigenvalue weighted by Gasteiger charge is 2.09. The molecule has 0 aliphatic heterocycles. The highest BCUT2D eigenvalue weighted by atomic mass is 16.3. The van der Waals surface area contributed by atoms with Crippen molar-refractivity contribution in [3.8, 4) is 0 Å². The molecular formula is C12H20O. The van der Waals surface area contributed by atoms with Crippen LogP contribution in [0.2, 0.25) is 0 Å². The fourth-order valence-electron chi connectivity index (χ4n) is 1.68. The van der Waals surface area contributed by atoms with Crippen molar-refractivity contribution in [3.63, 3.8) is 0 Å². The predicted molar refractivity (Wildman–Crippen MR) is 56.5 cm³/mol. The molecule has 1 heteroatoms. The molecular weight excluding hydrogens is 160 g/mol. The van der Waals surface area contributed by atoms with Gasteiger partial charge in [-0.3, -0.25) is 0 Å². The van der Waals surface area contributed by atoms with Crippen LogP contribution in [0.4, 0.5) is 0 Å². The lowest BCUT2D eigenvalue weighted by atomic mass is 9.95. The highest BCUT2D eigenvalue weighted by Crippen LogP contribution is 2.17. The number of aliphatic hydroxyl groups is 1. The van der Waals surface area contributed by atoms with Gasteiger partial charge in [-0.2, -0.15) is 0 Å². The van der Waals surface area contributed by atoms with Crippen molar-refractivity contribution in [1.29, 1.82) is 0 Å². The van der Waals surface area contributed by atoms with Crippen molar-refractivity contribution in [2.24, 2.45) is 5.92 Å². The Morgan fingerprint density at radius 1 is 1.38 bits per heavy atom. The number of rotatable bonds is 5. The van der Waals surface area contributed by atoms with E-state index in [1.54, 1.807) is 0 Å². The summed E-state index contributed by atoms with van der Waals surface area (Å²) < 4.78 is 0. The zero-order valence-corrected chi connectivity index (χ0v) is 8.45. The molecule has 0 aromatic carbocycles. The quantitative estimate of drug-likeness (QED) is 0.645. The summed E-state index contributed by atoms with van der Waals surface area (Å²) in [6.45, 7) is 2.16. The van der Waals surface area contributed by atoms with E-state index in [0.717, 1.165) is 25.7 Å². The highest BCUT2D eigenvalue weighted by molar-refractivity contribution is 5.09. The molecule has 74 valence electrons. The molecule has 0 saturated carbocycles. The zero-order chi connectivity index (χ0) is 9.52. The van der Waals surface area contributed by atoms with Gasteiger partial charge in [-0.15, -0.1) is 0 Å². The van der Waals surface area contributed by atoms with E-state index in [1.165, 1.54) is 6.42 Å². The van der Waals surface area contributed by atoms with Crippen LogP contribution >= 0.6 is 0 Å². The van der Waals surface area contributed by atoms with Crippen LogP contribution in [0.1, 0.15) is 39.0 Å². The van der Waals surface area contributed by atoms with Crippen LogP contribution in [0, 0.1) is 5.92 Å². The van der Waals surface area contributed by atoms with Gasteiger partial charge in [0.2, 0.25) is 0 Å². The van der Waals surface area contributed by atoms with Gasteiger partial charge in [-0.1, -0.05) is 44.1 Å². The van der Waals surface area contributed by atoms with Crippen LogP contribution in [-0.4, -0.2) is 11.2 Å². The van der Waals surface area contributed by atoms with Gasteiger partial charge in [0.1, 0.15) is 0 Å².